The molecule has 0 atom stereocenters. The quantitative estimate of drug-likeness (QED) is 0.312. The molecule has 1 heterocycles. The highest BCUT2D eigenvalue weighted by molar-refractivity contribution is 9.10. The Balaban J connectivity index is 1.88. The lowest BCUT2D eigenvalue weighted by Crippen LogP contribution is -1.93. The van der Waals surface area contributed by atoms with Gasteiger partial charge in [-0.2, -0.15) is 0 Å². The zero-order chi connectivity index (χ0) is 18.0. The molecule has 0 spiro atoms. The number of halogens is 3. The van der Waals surface area contributed by atoms with Crippen molar-refractivity contribution >= 4 is 62.3 Å². The highest BCUT2D eigenvalue weighted by Crippen LogP contribution is 2.30. The molecule has 0 aliphatic heterocycles. The fourth-order valence-electron chi connectivity index (χ4n) is 2.25. The largest absolute Gasteiger partial charge is 0.288 e. The summed E-state index contributed by atoms with van der Waals surface area (Å²) in [5, 5.41) is 1.83. The van der Waals surface area contributed by atoms with Gasteiger partial charge >= 0.3 is 0 Å². The molecule has 2 nitrogen and oxygen atoms in total. The van der Waals surface area contributed by atoms with Crippen molar-refractivity contribution in [1.29, 1.82) is 0 Å². The van der Waals surface area contributed by atoms with Gasteiger partial charge in [-0.1, -0.05) is 57.3 Å². The van der Waals surface area contributed by atoms with Crippen molar-refractivity contribution in [3.8, 4) is 10.6 Å². The Morgan fingerprint density at radius 1 is 1.12 bits per heavy atom. The minimum atomic E-state index is -0.116. The standard InChI is InChI=1S/C19H12BrCl2NOS/c1-11-18(25-19(23-11)12-5-7-13(20)8-6-12)17(24)10-9-14-15(21)3-2-4-16(14)22/h2-10H,1H3/b10-9+. The minimum absolute atomic E-state index is 0.116. The number of thiazole rings is 1. The van der Waals surface area contributed by atoms with Gasteiger partial charge in [0.15, 0.2) is 5.78 Å². The van der Waals surface area contributed by atoms with Crippen LogP contribution >= 0.6 is 50.5 Å². The molecule has 126 valence electrons. The Labute approximate surface area is 168 Å². The van der Waals surface area contributed by atoms with Crippen LogP contribution in [0.2, 0.25) is 10.0 Å². The highest BCUT2D eigenvalue weighted by atomic mass is 79.9. The van der Waals surface area contributed by atoms with Crippen molar-refractivity contribution in [3.05, 3.63) is 79.2 Å². The van der Waals surface area contributed by atoms with E-state index in [2.05, 4.69) is 20.9 Å². The number of carbonyl (C=O) groups excluding carboxylic acids is 1. The molecule has 0 saturated heterocycles. The van der Waals surface area contributed by atoms with Gasteiger partial charge in [-0.25, -0.2) is 4.98 Å². The van der Waals surface area contributed by atoms with Crippen molar-refractivity contribution in [2.45, 2.75) is 6.92 Å². The van der Waals surface area contributed by atoms with E-state index in [1.165, 1.54) is 17.4 Å². The molecule has 1 aromatic heterocycles. The summed E-state index contributed by atoms with van der Waals surface area (Å²) in [6.07, 6.45) is 3.13. The Morgan fingerprint density at radius 2 is 1.76 bits per heavy atom. The summed E-state index contributed by atoms with van der Waals surface area (Å²) in [7, 11) is 0. The zero-order valence-electron chi connectivity index (χ0n) is 13.1. The molecule has 3 aromatic rings. The van der Waals surface area contributed by atoms with Crippen molar-refractivity contribution in [1.82, 2.24) is 4.98 Å². The fourth-order valence-corrected chi connectivity index (χ4v) is 4.03. The molecular formula is C19H12BrCl2NOS. The number of allylic oxidation sites excluding steroid dienone is 1. The van der Waals surface area contributed by atoms with Crippen molar-refractivity contribution in [2.24, 2.45) is 0 Å². The van der Waals surface area contributed by atoms with Crippen LogP contribution in [-0.2, 0) is 0 Å². The van der Waals surface area contributed by atoms with E-state index in [1.807, 2.05) is 31.2 Å². The summed E-state index contributed by atoms with van der Waals surface area (Å²) in [6, 6.07) is 13.1. The third-order valence-corrected chi connectivity index (χ3v) is 5.92. The van der Waals surface area contributed by atoms with E-state index < -0.39 is 0 Å². The maximum Gasteiger partial charge on any atom is 0.197 e. The van der Waals surface area contributed by atoms with Crippen LogP contribution in [0.3, 0.4) is 0 Å². The van der Waals surface area contributed by atoms with E-state index in [-0.39, 0.29) is 5.78 Å². The average molecular weight is 453 g/mol. The number of carbonyl (C=O) groups is 1. The zero-order valence-corrected chi connectivity index (χ0v) is 17.0. The van der Waals surface area contributed by atoms with Gasteiger partial charge in [-0.3, -0.25) is 4.79 Å². The van der Waals surface area contributed by atoms with E-state index >= 15 is 0 Å². The SMILES string of the molecule is Cc1nc(-c2ccc(Br)cc2)sc1C(=O)/C=C/c1c(Cl)cccc1Cl. The molecule has 0 bridgehead atoms. The number of benzene rings is 2. The highest BCUT2D eigenvalue weighted by Gasteiger charge is 2.14. The number of aryl methyl sites for hydroxylation is 1. The molecule has 0 aliphatic carbocycles. The van der Waals surface area contributed by atoms with Gasteiger partial charge in [0, 0.05) is 25.6 Å². The van der Waals surface area contributed by atoms with Gasteiger partial charge in [0.2, 0.25) is 0 Å². The molecule has 6 heteroatoms. The number of aromatic nitrogens is 1. The van der Waals surface area contributed by atoms with Crippen LogP contribution in [0.15, 0.2) is 53.0 Å². The lowest BCUT2D eigenvalue weighted by molar-refractivity contribution is 0.105. The first-order chi connectivity index (χ1) is 12.0. The third-order valence-electron chi connectivity index (χ3n) is 3.51. The van der Waals surface area contributed by atoms with Gasteiger partial charge in [-0.05, 0) is 43.3 Å². The molecule has 3 rings (SSSR count). The molecule has 0 unspecified atom stereocenters. The molecule has 2 aromatic carbocycles. The predicted octanol–water partition coefficient (Wildman–Crippen LogP) is 7.08. The second kappa shape index (κ2) is 7.83. The molecule has 0 radical (unpaired) electrons. The Hall–Kier alpha value is -1.46. The van der Waals surface area contributed by atoms with Crippen LogP contribution in [0, 0.1) is 6.92 Å². The van der Waals surface area contributed by atoms with Crippen LogP contribution in [0.1, 0.15) is 20.9 Å². The lowest BCUT2D eigenvalue weighted by Gasteiger charge is -2.00. The summed E-state index contributed by atoms with van der Waals surface area (Å²) >= 11 is 17.0. The van der Waals surface area contributed by atoms with Gasteiger partial charge in [-0.15, -0.1) is 11.3 Å². The Kier molecular flexibility index (Phi) is 5.74. The summed E-state index contributed by atoms with van der Waals surface area (Å²) in [4.78, 5) is 17.7. The van der Waals surface area contributed by atoms with Crippen LogP contribution in [0.4, 0.5) is 0 Å². The molecule has 0 amide bonds. The van der Waals surface area contributed by atoms with E-state index in [4.69, 9.17) is 23.2 Å². The van der Waals surface area contributed by atoms with Gasteiger partial charge in [0.05, 0.1) is 10.6 Å². The second-order valence-corrected chi connectivity index (χ2v) is 8.00. The van der Waals surface area contributed by atoms with Gasteiger partial charge in [0.25, 0.3) is 0 Å². The summed E-state index contributed by atoms with van der Waals surface area (Å²) in [6.45, 7) is 1.84. The van der Waals surface area contributed by atoms with Crippen LogP contribution in [-0.4, -0.2) is 10.8 Å². The van der Waals surface area contributed by atoms with Gasteiger partial charge in [0.1, 0.15) is 5.01 Å². The first-order valence-corrected chi connectivity index (χ1v) is 9.72. The normalized spacial score (nSPS) is 11.2. The monoisotopic (exact) mass is 451 g/mol. The number of hydrogen-bond donors (Lipinski definition) is 0. The number of nitrogens with zero attached hydrogens (tertiary/aromatic N) is 1. The average Bonchev–Trinajstić information content (AvgIpc) is 2.97. The Morgan fingerprint density at radius 3 is 2.40 bits per heavy atom. The first kappa shape index (κ1) is 18.3. The summed E-state index contributed by atoms with van der Waals surface area (Å²) < 4.78 is 1.00. The van der Waals surface area contributed by atoms with Crippen LogP contribution in [0.25, 0.3) is 16.6 Å². The topological polar surface area (TPSA) is 30.0 Å². The van der Waals surface area contributed by atoms with Gasteiger partial charge < -0.3 is 0 Å². The molecule has 0 aliphatic rings. The molecule has 0 saturated carbocycles. The predicted molar refractivity (Wildman–Crippen MR) is 110 cm³/mol. The molecule has 0 fully saturated rings. The maximum absolute atomic E-state index is 12.6. The smallest absolute Gasteiger partial charge is 0.197 e. The van der Waals surface area contributed by atoms with Crippen LogP contribution in [0.5, 0.6) is 0 Å². The number of ketones is 1. The minimum Gasteiger partial charge on any atom is -0.288 e. The second-order valence-electron chi connectivity index (χ2n) is 5.27. The van der Waals surface area contributed by atoms with Crippen molar-refractivity contribution in [3.63, 3.8) is 0 Å². The summed E-state index contributed by atoms with van der Waals surface area (Å²) in [5.74, 6) is -0.116. The van der Waals surface area contributed by atoms with E-state index in [9.17, 15) is 4.79 Å². The van der Waals surface area contributed by atoms with Crippen molar-refractivity contribution in [2.75, 3.05) is 0 Å². The number of hydrogen-bond acceptors (Lipinski definition) is 3. The first-order valence-electron chi connectivity index (χ1n) is 7.35. The van der Waals surface area contributed by atoms with E-state index in [0.717, 1.165) is 15.0 Å². The van der Waals surface area contributed by atoms with E-state index in [1.54, 1.807) is 24.3 Å². The van der Waals surface area contributed by atoms with E-state index in [0.29, 0.717) is 26.2 Å². The maximum atomic E-state index is 12.6. The Bertz CT molecular complexity index is 944. The molecule has 25 heavy (non-hydrogen) atoms. The molecular weight excluding hydrogens is 441 g/mol. The summed E-state index contributed by atoms with van der Waals surface area (Å²) in [5.41, 5.74) is 2.32. The fraction of sp³-hybridized carbons (Fsp3) is 0.0526. The lowest BCUT2D eigenvalue weighted by atomic mass is 10.1. The third kappa shape index (κ3) is 4.21. The number of rotatable bonds is 4. The van der Waals surface area contributed by atoms with Crippen LogP contribution < -0.4 is 0 Å². The van der Waals surface area contributed by atoms with Crippen molar-refractivity contribution < 1.29 is 4.79 Å². The molecule has 0 N–H and O–H groups in total.